The van der Waals surface area contributed by atoms with E-state index < -0.39 is 5.97 Å². The molecule has 1 aliphatic rings. The average molecular weight is 414 g/mol. The van der Waals surface area contributed by atoms with Gasteiger partial charge in [0.15, 0.2) is 5.16 Å². The molecule has 0 unspecified atom stereocenters. The standard InChI is InChI=1S/C17H20ClN3O3S2/c1-10-12-14(18)19-17(20-15(12)26-13(10)16(23)24-2)25-9-11(22)21-7-5-3-4-6-8-21/h3-9H2,1-2H3. The Labute approximate surface area is 165 Å². The van der Waals surface area contributed by atoms with Crippen LogP contribution in [0.1, 0.15) is 40.9 Å². The number of halogens is 1. The zero-order chi connectivity index (χ0) is 18.7. The quantitative estimate of drug-likeness (QED) is 0.327. The van der Waals surface area contributed by atoms with Gasteiger partial charge in [0.2, 0.25) is 5.91 Å². The Morgan fingerprint density at radius 2 is 1.92 bits per heavy atom. The van der Waals surface area contributed by atoms with Crippen LogP contribution in [0, 0.1) is 6.92 Å². The van der Waals surface area contributed by atoms with Gasteiger partial charge >= 0.3 is 5.97 Å². The minimum atomic E-state index is -0.410. The Hall–Kier alpha value is -1.38. The molecule has 1 amide bonds. The highest BCUT2D eigenvalue weighted by atomic mass is 35.5. The Kier molecular flexibility index (Phi) is 6.37. The molecule has 2 aromatic rings. The lowest BCUT2D eigenvalue weighted by Gasteiger charge is -2.19. The summed E-state index contributed by atoms with van der Waals surface area (Å²) >= 11 is 8.82. The average Bonchev–Trinajstić information content (AvgIpc) is 2.81. The van der Waals surface area contributed by atoms with Gasteiger partial charge in [-0.25, -0.2) is 14.8 Å². The molecular formula is C17H20ClN3O3S2. The fourth-order valence-electron chi connectivity index (χ4n) is 2.96. The number of carbonyl (C=O) groups is 2. The number of hydrogen-bond donors (Lipinski definition) is 0. The van der Waals surface area contributed by atoms with Gasteiger partial charge in [0.1, 0.15) is 14.9 Å². The summed E-state index contributed by atoms with van der Waals surface area (Å²) in [7, 11) is 1.34. The second-order valence-corrected chi connectivity index (χ2v) is 8.41. The molecule has 0 aliphatic carbocycles. The molecule has 0 N–H and O–H groups in total. The van der Waals surface area contributed by atoms with Crippen molar-refractivity contribution in [1.82, 2.24) is 14.9 Å². The van der Waals surface area contributed by atoms with Crippen LogP contribution in [0.2, 0.25) is 5.15 Å². The summed E-state index contributed by atoms with van der Waals surface area (Å²) in [6, 6.07) is 0. The highest BCUT2D eigenvalue weighted by Gasteiger charge is 2.21. The van der Waals surface area contributed by atoms with E-state index in [0.29, 0.717) is 25.4 Å². The van der Waals surface area contributed by atoms with E-state index in [9.17, 15) is 9.59 Å². The number of aryl methyl sites for hydroxylation is 1. The predicted octanol–water partition coefficient (Wildman–Crippen LogP) is 3.93. The molecule has 26 heavy (non-hydrogen) atoms. The molecule has 6 nitrogen and oxygen atoms in total. The number of carbonyl (C=O) groups excluding carboxylic acids is 2. The second-order valence-electron chi connectivity index (χ2n) is 6.11. The van der Waals surface area contributed by atoms with Gasteiger partial charge in [0.05, 0.1) is 18.2 Å². The van der Waals surface area contributed by atoms with Gasteiger partial charge in [-0.05, 0) is 25.3 Å². The van der Waals surface area contributed by atoms with Crippen LogP contribution in [0.15, 0.2) is 5.16 Å². The number of esters is 1. The first-order valence-electron chi connectivity index (χ1n) is 8.46. The third kappa shape index (κ3) is 4.13. The van der Waals surface area contributed by atoms with Crippen molar-refractivity contribution >= 4 is 56.8 Å². The lowest BCUT2D eigenvalue weighted by atomic mass is 10.2. The molecule has 2 aromatic heterocycles. The van der Waals surface area contributed by atoms with Crippen molar-refractivity contribution in [2.75, 3.05) is 26.0 Å². The minimum Gasteiger partial charge on any atom is -0.465 e. The van der Waals surface area contributed by atoms with Crippen LogP contribution >= 0.6 is 34.7 Å². The number of ether oxygens (including phenoxy) is 1. The highest BCUT2D eigenvalue weighted by molar-refractivity contribution is 7.99. The Morgan fingerprint density at radius 3 is 2.58 bits per heavy atom. The molecule has 3 rings (SSSR count). The number of methoxy groups -OCH3 is 1. The monoisotopic (exact) mass is 413 g/mol. The summed E-state index contributed by atoms with van der Waals surface area (Å²) in [4.78, 5) is 36.1. The Balaban J connectivity index is 1.76. The van der Waals surface area contributed by atoms with E-state index in [1.165, 1.54) is 43.1 Å². The van der Waals surface area contributed by atoms with Gasteiger partial charge in [0.25, 0.3) is 0 Å². The number of hydrogen-bond acceptors (Lipinski definition) is 7. The summed E-state index contributed by atoms with van der Waals surface area (Å²) in [5, 5.41) is 1.41. The van der Waals surface area contributed by atoms with E-state index in [-0.39, 0.29) is 11.7 Å². The van der Waals surface area contributed by atoms with E-state index in [1.807, 2.05) is 4.90 Å². The van der Waals surface area contributed by atoms with Crippen LogP contribution < -0.4 is 0 Å². The normalized spacial score (nSPS) is 15.1. The lowest BCUT2D eigenvalue weighted by molar-refractivity contribution is -0.128. The SMILES string of the molecule is COC(=O)c1sc2nc(SCC(=O)N3CCCCCC3)nc(Cl)c2c1C. The predicted molar refractivity (Wildman–Crippen MR) is 104 cm³/mol. The van der Waals surface area contributed by atoms with E-state index in [2.05, 4.69) is 9.97 Å². The van der Waals surface area contributed by atoms with Crippen LogP contribution in [-0.4, -0.2) is 52.7 Å². The van der Waals surface area contributed by atoms with Crippen molar-refractivity contribution in [1.29, 1.82) is 0 Å². The second kappa shape index (κ2) is 8.54. The van der Waals surface area contributed by atoms with Gasteiger partial charge < -0.3 is 9.64 Å². The molecule has 0 saturated carbocycles. The van der Waals surface area contributed by atoms with Crippen molar-refractivity contribution < 1.29 is 14.3 Å². The number of likely N-dealkylation sites (tertiary alicyclic amines) is 1. The highest BCUT2D eigenvalue weighted by Crippen LogP contribution is 2.35. The van der Waals surface area contributed by atoms with E-state index >= 15 is 0 Å². The number of thioether (sulfide) groups is 1. The summed E-state index contributed by atoms with van der Waals surface area (Å²) in [6.07, 6.45) is 4.50. The molecule has 0 spiro atoms. The first-order chi connectivity index (χ1) is 12.5. The molecular weight excluding hydrogens is 394 g/mol. The van der Waals surface area contributed by atoms with Gasteiger partial charge in [-0.3, -0.25) is 4.79 Å². The molecule has 1 aliphatic heterocycles. The van der Waals surface area contributed by atoms with Crippen LogP contribution in [0.5, 0.6) is 0 Å². The number of amides is 1. The van der Waals surface area contributed by atoms with Crippen molar-refractivity contribution in [3.05, 3.63) is 15.6 Å². The molecule has 0 bridgehead atoms. The molecule has 0 radical (unpaired) electrons. The van der Waals surface area contributed by atoms with E-state index in [4.69, 9.17) is 16.3 Å². The maximum atomic E-state index is 12.4. The number of nitrogens with zero attached hydrogens (tertiary/aromatic N) is 3. The third-order valence-electron chi connectivity index (χ3n) is 4.38. The zero-order valence-corrected chi connectivity index (χ0v) is 17.1. The summed E-state index contributed by atoms with van der Waals surface area (Å²) < 4.78 is 4.80. The first kappa shape index (κ1) is 19.4. The molecule has 3 heterocycles. The summed E-state index contributed by atoms with van der Waals surface area (Å²) in [5.41, 5.74) is 0.721. The van der Waals surface area contributed by atoms with Crippen molar-refractivity contribution in [3.63, 3.8) is 0 Å². The summed E-state index contributed by atoms with van der Waals surface area (Å²) in [5.74, 6) is -0.0165. The van der Waals surface area contributed by atoms with Crippen LogP contribution in [0.3, 0.4) is 0 Å². The van der Waals surface area contributed by atoms with Crippen molar-refractivity contribution in [3.8, 4) is 0 Å². The smallest absolute Gasteiger partial charge is 0.348 e. The van der Waals surface area contributed by atoms with E-state index in [1.54, 1.807) is 6.92 Å². The molecule has 9 heteroatoms. The third-order valence-corrected chi connectivity index (χ3v) is 6.65. The van der Waals surface area contributed by atoms with Gasteiger partial charge in [-0.15, -0.1) is 11.3 Å². The molecule has 0 atom stereocenters. The number of rotatable bonds is 4. The Bertz CT molecular complexity index is 832. The van der Waals surface area contributed by atoms with Gasteiger partial charge in [0, 0.05) is 13.1 Å². The van der Waals surface area contributed by atoms with Crippen LogP contribution in [0.25, 0.3) is 10.2 Å². The number of fused-ring (bicyclic) bond motifs is 1. The molecule has 1 saturated heterocycles. The first-order valence-corrected chi connectivity index (χ1v) is 10.6. The fraction of sp³-hybridized carbons (Fsp3) is 0.529. The van der Waals surface area contributed by atoms with Crippen LogP contribution in [0.4, 0.5) is 0 Å². The zero-order valence-electron chi connectivity index (χ0n) is 14.7. The number of thiophene rings is 1. The maximum Gasteiger partial charge on any atom is 0.348 e. The van der Waals surface area contributed by atoms with Crippen molar-refractivity contribution in [2.45, 2.75) is 37.8 Å². The minimum absolute atomic E-state index is 0.106. The maximum absolute atomic E-state index is 12.4. The topological polar surface area (TPSA) is 72.4 Å². The lowest BCUT2D eigenvalue weighted by Crippen LogP contribution is -2.33. The van der Waals surface area contributed by atoms with Gasteiger partial charge in [-0.2, -0.15) is 0 Å². The number of aromatic nitrogens is 2. The largest absolute Gasteiger partial charge is 0.465 e. The molecule has 140 valence electrons. The summed E-state index contributed by atoms with van der Waals surface area (Å²) in [6.45, 7) is 3.45. The van der Waals surface area contributed by atoms with Crippen LogP contribution in [-0.2, 0) is 9.53 Å². The van der Waals surface area contributed by atoms with E-state index in [0.717, 1.165) is 31.5 Å². The molecule has 0 aromatic carbocycles. The fourth-order valence-corrected chi connectivity index (χ4v) is 5.28. The van der Waals surface area contributed by atoms with Gasteiger partial charge in [-0.1, -0.05) is 36.2 Å². The van der Waals surface area contributed by atoms with Crippen molar-refractivity contribution in [2.24, 2.45) is 0 Å². The molecule has 1 fully saturated rings. The Morgan fingerprint density at radius 1 is 1.23 bits per heavy atom.